The maximum atomic E-state index is 9.97. The van der Waals surface area contributed by atoms with Crippen LogP contribution in [-0.2, 0) is 17.4 Å². The van der Waals surface area contributed by atoms with Crippen LogP contribution in [0.1, 0.15) is 72.6 Å². The third kappa shape index (κ3) is 17.2. The third-order valence-electron chi connectivity index (χ3n) is 9.81. The smallest absolute Gasteiger partial charge is 0.506 e. The predicted octanol–water partition coefficient (Wildman–Crippen LogP) is 13.9. The van der Waals surface area contributed by atoms with Crippen LogP contribution in [0.15, 0.2) is 130 Å². The van der Waals surface area contributed by atoms with E-state index in [0.717, 1.165) is 28.1 Å². The van der Waals surface area contributed by atoms with Gasteiger partial charge in [-0.3, -0.25) is 4.90 Å². The minimum Gasteiger partial charge on any atom is -0.506 e. The van der Waals surface area contributed by atoms with Crippen molar-refractivity contribution in [1.29, 1.82) is 0 Å². The minimum atomic E-state index is -0.0251. The number of phenolic OH excluding ortho intramolecular Hbond substituents is 4. The molecule has 62 heavy (non-hydrogen) atoms. The number of aromatic hydroxyl groups is 4. The number of phenols is 4. The number of hydrogen-bond donors (Lipinski definition) is 6. The molecule has 0 aliphatic rings. The Hall–Kier alpha value is -4.77. The SMILES string of the molecule is CCCCCCCCCCCCN(CCO)CCO.Oc1ccc(Cl)cc1N=Nc1c(O)ccc2ccccc12.Oc1ccc(Cl)cc1N=Nc1c(O)ccc2ccccc12.[Cr].[H+]. The van der Waals surface area contributed by atoms with Gasteiger partial charge in [0.2, 0.25) is 0 Å². The molecule has 0 aliphatic heterocycles. The van der Waals surface area contributed by atoms with Crippen molar-refractivity contribution in [3.05, 3.63) is 119 Å². The predicted molar refractivity (Wildman–Crippen MR) is 249 cm³/mol. The fraction of sp³-hybridized carbons (Fsp3) is 0.333. The van der Waals surface area contributed by atoms with Crippen LogP contribution in [0.3, 0.4) is 0 Å². The van der Waals surface area contributed by atoms with Crippen molar-refractivity contribution in [2.45, 2.75) is 71.1 Å². The summed E-state index contributed by atoms with van der Waals surface area (Å²) in [6.45, 7) is 5.04. The molecule has 0 spiro atoms. The van der Waals surface area contributed by atoms with Crippen molar-refractivity contribution in [3.63, 3.8) is 0 Å². The zero-order chi connectivity index (χ0) is 43.8. The maximum absolute atomic E-state index is 9.97. The molecule has 0 unspecified atom stereocenters. The molecule has 0 saturated carbocycles. The van der Waals surface area contributed by atoms with Gasteiger partial charge in [0.1, 0.15) is 45.7 Å². The number of fused-ring (bicyclic) bond motifs is 2. The van der Waals surface area contributed by atoms with E-state index < -0.39 is 0 Å². The van der Waals surface area contributed by atoms with Gasteiger partial charge in [-0.05, 0) is 72.3 Å². The molecular formula is C48H58Cl2CrN5O6+. The topological polar surface area (TPSA) is 174 Å². The van der Waals surface area contributed by atoms with Crippen molar-refractivity contribution < 1.29 is 49.4 Å². The zero-order valence-electron chi connectivity index (χ0n) is 36.1. The van der Waals surface area contributed by atoms with Crippen LogP contribution in [0.4, 0.5) is 22.7 Å². The second kappa shape index (κ2) is 28.8. The van der Waals surface area contributed by atoms with Gasteiger partial charge in [-0.1, -0.05) is 149 Å². The number of rotatable bonds is 19. The van der Waals surface area contributed by atoms with E-state index in [-0.39, 0.29) is 66.4 Å². The first-order chi connectivity index (χ1) is 29.6. The van der Waals surface area contributed by atoms with E-state index in [2.05, 4.69) is 32.3 Å². The zero-order valence-corrected chi connectivity index (χ0v) is 37.9. The Balaban J connectivity index is 0.000000321. The molecule has 0 amide bonds. The van der Waals surface area contributed by atoms with E-state index in [1.54, 1.807) is 36.4 Å². The summed E-state index contributed by atoms with van der Waals surface area (Å²) in [7, 11) is 0. The van der Waals surface area contributed by atoms with Gasteiger partial charge in [-0.2, -0.15) is 0 Å². The molecule has 0 atom stereocenters. The van der Waals surface area contributed by atoms with Gasteiger partial charge in [0.25, 0.3) is 0 Å². The van der Waals surface area contributed by atoms with Crippen molar-refractivity contribution in [3.8, 4) is 23.0 Å². The van der Waals surface area contributed by atoms with Gasteiger partial charge in [0.05, 0.1) is 13.2 Å². The maximum Gasteiger partial charge on any atom is 1.00 e. The number of unbranched alkanes of at least 4 members (excludes halogenated alkanes) is 9. The van der Waals surface area contributed by atoms with Gasteiger partial charge in [0, 0.05) is 51.3 Å². The fourth-order valence-corrected chi connectivity index (χ4v) is 6.83. The largest absolute Gasteiger partial charge is 1.00 e. The minimum absolute atomic E-state index is 0. The number of azo groups is 2. The number of halogens is 2. The van der Waals surface area contributed by atoms with Crippen molar-refractivity contribution in [2.24, 2.45) is 20.5 Å². The molecule has 0 aliphatic carbocycles. The van der Waals surface area contributed by atoms with E-state index in [4.69, 9.17) is 33.4 Å². The number of nitrogens with zero attached hydrogens (tertiary/aromatic N) is 5. The van der Waals surface area contributed by atoms with Gasteiger partial charge in [-0.15, -0.1) is 20.5 Å². The molecule has 14 heteroatoms. The van der Waals surface area contributed by atoms with Crippen LogP contribution in [-0.4, -0.2) is 68.4 Å². The Morgan fingerprint density at radius 3 is 1.27 bits per heavy atom. The number of aliphatic hydroxyl groups is 2. The molecule has 0 saturated heterocycles. The fourth-order valence-electron chi connectivity index (χ4n) is 6.50. The summed E-state index contributed by atoms with van der Waals surface area (Å²) in [6.07, 6.45) is 13.5. The van der Waals surface area contributed by atoms with Crippen LogP contribution < -0.4 is 0 Å². The molecule has 6 aromatic rings. The molecule has 6 rings (SSSR count). The van der Waals surface area contributed by atoms with Gasteiger partial charge < -0.3 is 30.6 Å². The Kier molecular flexibility index (Phi) is 23.9. The average Bonchev–Trinajstić information content (AvgIpc) is 3.26. The molecule has 0 fully saturated rings. The summed E-state index contributed by atoms with van der Waals surface area (Å²) < 4.78 is 0. The molecule has 6 aromatic carbocycles. The molecule has 0 heterocycles. The molecule has 0 bridgehead atoms. The van der Waals surface area contributed by atoms with Gasteiger partial charge >= 0.3 is 1.43 Å². The summed E-state index contributed by atoms with van der Waals surface area (Å²) >= 11 is 11.7. The normalized spacial score (nSPS) is 11.1. The summed E-state index contributed by atoms with van der Waals surface area (Å²) in [4.78, 5) is 2.14. The standard InChI is InChI=1S/2C16H11ClN2O2.C16H35NO2.Cr/c2*17-11-6-8-14(20)13(9-11)18-19-16-12-4-2-1-3-10(12)5-7-15(16)21;1-2-3-4-5-6-7-8-9-10-11-12-17(13-15-18)14-16-19;/h2*1-9,20-21H;18-19H,2-16H2,1H3;/p+1. The molecular weight excluding hydrogens is 865 g/mol. The summed E-state index contributed by atoms with van der Waals surface area (Å²) in [6, 6.07) is 30.8. The number of hydrogen-bond acceptors (Lipinski definition) is 11. The first-order valence-electron chi connectivity index (χ1n) is 20.8. The van der Waals surface area contributed by atoms with E-state index in [9.17, 15) is 20.4 Å². The first-order valence-corrected chi connectivity index (χ1v) is 21.6. The molecule has 0 aromatic heterocycles. The molecule has 6 N–H and O–H groups in total. The van der Waals surface area contributed by atoms with E-state index in [1.807, 2.05) is 48.5 Å². The van der Waals surface area contributed by atoms with Crippen LogP contribution in [0.2, 0.25) is 10.0 Å². The van der Waals surface area contributed by atoms with Crippen LogP contribution in [0.25, 0.3) is 21.5 Å². The van der Waals surface area contributed by atoms with E-state index in [0.29, 0.717) is 34.5 Å². The Morgan fingerprint density at radius 2 is 0.855 bits per heavy atom. The second-order valence-electron chi connectivity index (χ2n) is 14.4. The van der Waals surface area contributed by atoms with Crippen molar-refractivity contribution >= 4 is 67.5 Å². The van der Waals surface area contributed by atoms with E-state index >= 15 is 0 Å². The van der Waals surface area contributed by atoms with Crippen LogP contribution >= 0.6 is 23.2 Å². The molecule has 11 nitrogen and oxygen atoms in total. The Labute approximate surface area is 386 Å². The first kappa shape index (κ1) is 51.6. The second-order valence-corrected chi connectivity index (χ2v) is 15.3. The van der Waals surface area contributed by atoms with Crippen molar-refractivity contribution in [1.82, 2.24) is 4.90 Å². The molecule has 330 valence electrons. The Morgan fingerprint density at radius 1 is 0.468 bits per heavy atom. The van der Waals surface area contributed by atoms with Gasteiger partial charge in [-0.25, -0.2) is 0 Å². The van der Waals surface area contributed by atoms with Crippen molar-refractivity contribution in [2.75, 3.05) is 32.8 Å². The summed E-state index contributed by atoms with van der Waals surface area (Å²) in [5.74, 6) is 0.00342. The Bertz CT molecular complexity index is 2170. The number of benzene rings is 6. The van der Waals surface area contributed by atoms with E-state index in [1.165, 1.54) is 88.5 Å². The quantitative estimate of drug-likeness (QED) is 0.0346. The average molecular weight is 924 g/mol. The third-order valence-corrected chi connectivity index (χ3v) is 10.3. The summed E-state index contributed by atoms with van der Waals surface area (Å²) in [5.41, 5.74) is 1.20. The van der Waals surface area contributed by atoms with Gasteiger partial charge in [0.15, 0.2) is 0 Å². The number of aliphatic hydroxyl groups excluding tert-OH is 2. The monoisotopic (exact) mass is 922 g/mol. The van der Waals surface area contributed by atoms with Crippen LogP contribution in [0, 0.1) is 0 Å². The molecule has 0 radical (unpaired) electrons. The summed E-state index contributed by atoms with van der Waals surface area (Å²) in [5, 5.41) is 77.6. The van der Waals surface area contributed by atoms with Crippen LogP contribution in [0.5, 0.6) is 23.0 Å².